The third-order valence-electron chi connectivity index (χ3n) is 3.42. The lowest BCUT2D eigenvalue weighted by Gasteiger charge is -2.42. The summed E-state index contributed by atoms with van der Waals surface area (Å²) in [6.45, 7) is -2.07. The molecule has 0 atom stereocenters. The summed E-state index contributed by atoms with van der Waals surface area (Å²) in [6.07, 6.45) is 1.08. The number of halogens is 2. The predicted molar refractivity (Wildman–Crippen MR) is 69.9 cm³/mol. The van der Waals surface area contributed by atoms with Crippen LogP contribution < -0.4 is 5.32 Å². The molecule has 1 fully saturated rings. The second kappa shape index (κ2) is 5.25. The maximum atomic E-state index is 12.5. The average Bonchev–Trinajstić information content (AvgIpc) is 2.93. The molecule has 1 aliphatic rings. The quantitative estimate of drug-likeness (QED) is 0.937. The number of aromatic nitrogens is 2. The zero-order chi connectivity index (χ0) is 14.9. The molecule has 1 amide bonds. The van der Waals surface area contributed by atoms with E-state index in [0.717, 1.165) is 11.8 Å². The molecule has 3 rings (SSSR count). The Hall–Kier alpha value is -2.28. The van der Waals surface area contributed by atoms with E-state index in [2.05, 4.69) is 10.4 Å². The number of hydrogen-bond acceptors (Lipinski definition) is 3. The minimum absolute atomic E-state index is 0.0440. The smallest absolute Gasteiger partial charge is 0.333 e. The van der Waals surface area contributed by atoms with Gasteiger partial charge in [-0.1, -0.05) is 30.3 Å². The molecule has 110 valence electrons. The molecule has 1 aromatic carbocycles. The molecular formula is C14H13F2N3O2. The van der Waals surface area contributed by atoms with Crippen LogP contribution in [0.25, 0.3) is 0 Å². The van der Waals surface area contributed by atoms with Gasteiger partial charge in [-0.15, -0.1) is 0 Å². The van der Waals surface area contributed by atoms with Crippen LogP contribution in [0.3, 0.4) is 0 Å². The van der Waals surface area contributed by atoms with E-state index in [9.17, 15) is 13.6 Å². The minimum atomic E-state index is -2.76. The zero-order valence-electron chi connectivity index (χ0n) is 11.0. The van der Waals surface area contributed by atoms with E-state index >= 15 is 0 Å². The van der Waals surface area contributed by atoms with Gasteiger partial charge in [0.25, 0.3) is 5.91 Å². The number of carbonyl (C=O) groups excluding carboxylic acids is 1. The first-order valence-corrected chi connectivity index (χ1v) is 6.40. The molecule has 0 unspecified atom stereocenters. The highest BCUT2D eigenvalue weighted by atomic mass is 19.3. The van der Waals surface area contributed by atoms with Gasteiger partial charge in [0, 0.05) is 6.20 Å². The van der Waals surface area contributed by atoms with Crippen LogP contribution in [0.5, 0.6) is 0 Å². The number of benzene rings is 1. The fourth-order valence-electron chi connectivity index (χ4n) is 2.22. The van der Waals surface area contributed by atoms with Crippen LogP contribution in [-0.4, -0.2) is 28.9 Å². The summed E-state index contributed by atoms with van der Waals surface area (Å²) in [5.41, 5.74) is 0.253. The molecule has 5 nitrogen and oxygen atoms in total. The van der Waals surface area contributed by atoms with Crippen molar-refractivity contribution in [3.8, 4) is 0 Å². The molecule has 1 aromatic heterocycles. The lowest BCUT2D eigenvalue weighted by Crippen LogP contribution is -2.59. The Labute approximate surface area is 119 Å². The summed E-state index contributed by atoms with van der Waals surface area (Å²) in [5.74, 6) is -0.499. The van der Waals surface area contributed by atoms with Crippen LogP contribution in [-0.2, 0) is 10.3 Å². The van der Waals surface area contributed by atoms with Gasteiger partial charge in [-0.3, -0.25) is 4.79 Å². The van der Waals surface area contributed by atoms with Crippen molar-refractivity contribution in [1.82, 2.24) is 15.1 Å². The molecule has 0 aliphatic carbocycles. The van der Waals surface area contributed by atoms with Crippen molar-refractivity contribution in [1.29, 1.82) is 0 Å². The second-order valence-corrected chi connectivity index (χ2v) is 4.85. The zero-order valence-corrected chi connectivity index (χ0v) is 11.0. The van der Waals surface area contributed by atoms with Gasteiger partial charge in [-0.05, 0) is 11.6 Å². The van der Waals surface area contributed by atoms with Gasteiger partial charge in [-0.2, -0.15) is 13.9 Å². The number of carbonyl (C=O) groups is 1. The highest BCUT2D eigenvalue weighted by molar-refractivity contribution is 5.92. The Morgan fingerprint density at radius 2 is 2.00 bits per heavy atom. The largest absolute Gasteiger partial charge is 0.376 e. The van der Waals surface area contributed by atoms with Gasteiger partial charge >= 0.3 is 6.55 Å². The van der Waals surface area contributed by atoms with Crippen LogP contribution in [0, 0.1) is 0 Å². The van der Waals surface area contributed by atoms with Gasteiger partial charge in [-0.25, -0.2) is 4.68 Å². The molecule has 1 N–H and O–H groups in total. The van der Waals surface area contributed by atoms with E-state index in [1.54, 1.807) is 0 Å². The summed E-state index contributed by atoms with van der Waals surface area (Å²) in [6, 6.07) is 10.7. The van der Waals surface area contributed by atoms with E-state index in [-0.39, 0.29) is 5.69 Å². The SMILES string of the molecule is O=C(NC1(c2ccccc2)COC1)c1ccn(C(F)F)n1. The van der Waals surface area contributed by atoms with Crippen molar-refractivity contribution in [3.05, 3.63) is 53.9 Å². The van der Waals surface area contributed by atoms with Gasteiger partial charge in [0.1, 0.15) is 11.2 Å². The molecule has 2 aromatic rings. The van der Waals surface area contributed by atoms with Crippen LogP contribution in [0.15, 0.2) is 42.6 Å². The van der Waals surface area contributed by atoms with E-state index in [4.69, 9.17) is 4.74 Å². The molecule has 1 saturated heterocycles. The lowest BCUT2D eigenvalue weighted by molar-refractivity contribution is -0.0734. The molecule has 0 radical (unpaired) electrons. The van der Waals surface area contributed by atoms with Crippen molar-refractivity contribution in [2.24, 2.45) is 0 Å². The number of ether oxygens (including phenoxy) is 1. The van der Waals surface area contributed by atoms with Gasteiger partial charge in [0.2, 0.25) is 0 Å². The topological polar surface area (TPSA) is 56.1 Å². The Balaban J connectivity index is 1.79. The third kappa shape index (κ3) is 2.52. The average molecular weight is 293 g/mol. The first kappa shape index (κ1) is 13.7. The lowest BCUT2D eigenvalue weighted by atomic mass is 9.88. The Bertz CT molecular complexity index is 639. The summed E-state index contributed by atoms with van der Waals surface area (Å²) in [5, 5.41) is 6.39. The second-order valence-electron chi connectivity index (χ2n) is 4.85. The molecule has 7 heteroatoms. The molecule has 21 heavy (non-hydrogen) atoms. The Kier molecular flexibility index (Phi) is 3.42. The summed E-state index contributed by atoms with van der Waals surface area (Å²) >= 11 is 0. The van der Waals surface area contributed by atoms with Crippen LogP contribution in [0.4, 0.5) is 8.78 Å². The fraction of sp³-hybridized carbons (Fsp3) is 0.286. The van der Waals surface area contributed by atoms with Gasteiger partial charge in [0.05, 0.1) is 13.2 Å². The Morgan fingerprint density at radius 1 is 1.29 bits per heavy atom. The van der Waals surface area contributed by atoms with E-state index in [1.165, 1.54) is 6.07 Å². The van der Waals surface area contributed by atoms with E-state index in [0.29, 0.717) is 17.9 Å². The highest BCUT2D eigenvalue weighted by Gasteiger charge is 2.42. The molecule has 1 aliphatic heterocycles. The van der Waals surface area contributed by atoms with E-state index < -0.39 is 18.0 Å². The third-order valence-corrected chi connectivity index (χ3v) is 3.42. The maximum absolute atomic E-state index is 12.5. The number of nitrogens with zero attached hydrogens (tertiary/aromatic N) is 2. The van der Waals surface area contributed by atoms with Crippen molar-refractivity contribution >= 4 is 5.91 Å². The summed E-state index contributed by atoms with van der Waals surface area (Å²) in [7, 11) is 0. The molecule has 0 saturated carbocycles. The molecule has 0 spiro atoms. The fourth-order valence-corrected chi connectivity index (χ4v) is 2.22. The normalized spacial score (nSPS) is 16.5. The van der Waals surface area contributed by atoms with Crippen LogP contribution in [0.1, 0.15) is 22.6 Å². The number of nitrogens with one attached hydrogen (secondary N) is 1. The first-order valence-electron chi connectivity index (χ1n) is 6.40. The van der Waals surface area contributed by atoms with Crippen LogP contribution >= 0.6 is 0 Å². The van der Waals surface area contributed by atoms with Crippen molar-refractivity contribution in [2.45, 2.75) is 12.1 Å². The summed E-state index contributed by atoms with van der Waals surface area (Å²) < 4.78 is 30.6. The van der Waals surface area contributed by atoms with Crippen molar-refractivity contribution < 1.29 is 18.3 Å². The monoisotopic (exact) mass is 293 g/mol. The van der Waals surface area contributed by atoms with Gasteiger partial charge < -0.3 is 10.1 Å². The van der Waals surface area contributed by atoms with Gasteiger partial charge in [0.15, 0.2) is 0 Å². The minimum Gasteiger partial charge on any atom is -0.376 e. The predicted octanol–water partition coefficient (Wildman–Crippen LogP) is 1.93. The first-order chi connectivity index (χ1) is 10.1. The number of amides is 1. The standard InChI is InChI=1S/C14H13F2N3O2/c15-13(16)19-7-6-11(18-19)12(20)17-14(8-21-9-14)10-4-2-1-3-5-10/h1-7,13H,8-9H2,(H,17,20). The van der Waals surface area contributed by atoms with E-state index in [1.807, 2.05) is 30.3 Å². The van der Waals surface area contributed by atoms with Crippen LogP contribution in [0.2, 0.25) is 0 Å². The van der Waals surface area contributed by atoms with Crippen molar-refractivity contribution in [3.63, 3.8) is 0 Å². The molecule has 2 heterocycles. The molecule has 0 bridgehead atoms. The van der Waals surface area contributed by atoms with Crippen molar-refractivity contribution in [2.75, 3.05) is 13.2 Å². The molecular weight excluding hydrogens is 280 g/mol. The highest BCUT2D eigenvalue weighted by Crippen LogP contribution is 2.29. The summed E-state index contributed by atoms with van der Waals surface area (Å²) in [4.78, 5) is 12.2. The Morgan fingerprint density at radius 3 is 2.52 bits per heavy atom. The number of rotatable bonds is 4. The number of alkyl halides is 2. The maximum Gasteiger partial charge on any atom is 0.333 e. The number of hydrogen-bond donors (Lipinski definition) is 1.